The van der Waals surface area contributed by atoms with Crippen LogP contribution >= 0.6 is 0 Å². The molecule has 0 aromatic heterocycles. The normalized spacial score (nSPS) is 35.3. The number of aryl methyl sites for hydroxylation is 1. The Morgan fingerprint density at radius 1 is 1.36 bits per heavy atom. The second-order valence-corrected chi connectivity index (χ2v) is 7.34. The summed E-state index contributed by atoms with van der Waals surface area (Å²) in [5, 5.41) is 11.7. The molecule has 2 bridgehead atoms. The Morgan fingerprint density at radius 3 is 2.64 bits per heavy atom. The van der Waals surface area contributed by atoms with Crippen LogP contribution in [0.1, 0.15) is 18.9 Å². The number of amides is 1. The van der Waals surface area contributed by atoms with Crippen molar-refractivity contribution in [2.45, 2.75) is 38.0 Å². The van der Waals surface area contributed by atoms with Gasteiger partial charge in [0.1, 0.15) is 5.60 Å². The zero-order chi connectivity index (χ0) is 17.9. The molecular formula is C20H20NO4-. The van der Waals surface area contributed by atoms with Crippen molar-refractivity contribution in [3.05, 3.63) is 54.1 Å². The van der Waals surface area contributed by atoms with Crippen molar-refractivity contribution in [3.8, 4) is 0 Å². The number of carboxylic acid groups (broad SMARTS) is 1. The Labute approximate surface area is 146 Å². The van der Waals surface area contributed by atoms with Gasteiger partial charge in [0.05, 0.1) is 18.1 Å². The number of carboxylic acids is 1. The SMILES string of the molecule is C=C(C)C[C@@H]1N(c2ccc(C)cc2)C(=O)[C@@H]2[C@H](C(=O)[O-])[C@@H]3C=C[C@]21O3. The van der Waals surface area contributed by atoms with Gasteiger partial charge in [0, 0.05) is 17.6 Å². The summed E-state index contributed by atoms with van der Waals surface area (Å²) in [7, 11) is 0. The number of aliphatic carboxylic acids is 1. The molecule has 0 aliphatic carbocycles. The summed E-state index contributed by atoms with van der Waals surface area (Å²) in [4.78, 5) is 26.6. The van der Waals surface area contributed by atoms with Crippen LogP contribution in [0.25, 0.3) is 0 Å². The minimum absolute atomic E-state index is 0.212. The Bertz CT molecular complexity index is 796. The van der Waals surface area contributed by atoms with E-state index in [1.54, 1.807) is 11.0 Å². The van der Waals surface area contributed by atoms with Crippen LogP contribution < -0.4 is 10.0 Å². The minimum atomic E-state index is -1.23. The molecule has 2 fully saturated rings. The lowest BCUT2D eigenvalue weighted by molar-refractivity contribution is -0.313. The number of nitrogens with zero attached hydrogens (tertiary/aromatic N) is 1. The van der Waals surface area contributed by atoms with Crippen molar-refractivity contribution in [3.63, 3.8) is 0 Å². The minimum Gasteiger partial charge on any atom is -0.550 e. The van der Waals surface area contributed by atoms with Crippen LogP contribution in [-0.2, 0) is 14.3 Å². The number of hydrogen-bond donors (Lipinski definition) is 0. The van der Waals surface area contributed by atoms with E-state index >= 15 is 0 Å². The first kappa shape index (κ1) is 16.1. The number of anilines is 1. The summed E-state index contributed by atoms with van der Waals surface area (Å²) in [5.41, 5.74) is 1.84. The molecule has 4 rings (SSSR count). The molecule has 5 nitrogen and oxygen atoms in total. The number of carbonyl (C=O) groups excluding carboxylic acids is 2. The monoisotopic (exact) mass is 338 g/mol. The van der Waals surface area contributed by atoms with Crippen molar-refractivity contribution >= 4 is 17.6 Å². The highest BCUT2D eigenvalue weighted by Crippen LogP contribution is 2.56. The van der Waals surface area contributed by atoms with Crippen LogP contribution in [0.3, 0.4) is 0 Å². The third-order valence-electron chi connectivity index (χ3n) is 5.55. The molecule has 3 heterocycles. The van der Waals surface area contributed by atoms with Crippen LogP contribution in [-0.4, -0.2) is 29.6 Å². The Kier molecular flexibility index (Phi) is 3.41. The van der Waals surface area contributed by atoms with Crippen molar-refractivity contribution in [1.82, 2.24) is 0 Å². The summed E-state index contributed by atoms with van der Waals surface area (Å²) in [6, 6.07) is 7.35. The first-order valence-corrected chi connectivity index (χ1v) is 8.47. The first-order chi connectivity index (χ1) is 11.8. The maximum atomic E-state index is 13.3. The Balaban J connectivity index is 1.84. The molecule has 130 valence electrons. The summed E-state index contributed by atoms with van der Waals surface area (Å²) in [5.74, 6) is -3.13. The van der Waals surface area contributed by atoms with Gasteiger partial charge in [0.15, 0.2) is 0 Å². The maximum Gasteiger partial charge on any atom is 0.234 e. The highest BCUT2D eigenvalue weighted by Gasteiger charge is 2.69. The molecule has 5 atom stereocenters. The quantitative estimate of drug-likeness (QED) is 0.778. The van der Waals surface area contributed by atoms with E-state index in [9.17, 15) is 14.7 Å². The lowest BCUT2D eigenvalue weighted by Gasteiger charge is -2.33. The number of benzene rings is 1. The van der Waals surface area contributed by atoms with Gasteiger partial charge in [-0.3, -0.25) is 4.79 Å². The maximum absolute atomic E-state index is 13.3. The van der Waals surface area contributed by atoms with E-state index in [0.29, 0.717) is 6.42 Å². The molecule has 3 aliphatic heterocycles. The Morgan fingerprint density at radius 2 is 2.04 bits per heavy atom. The lowest BCUT2D eigenvalue weighted by atomic mass is 9.74. The molecule has 0 radical (unpaired) electrons. The molecule has 3 aliphatic rings. The van der Waals surface area contributed by atoms with E-state index in [0.717, 1.165) is 16.8 Å². The standard InChI is InChI=1S/C20H21NO4/c1-11(2)10-15-20-9-8-14(25-20)16(19(23)24)17(20)18(22)21(15)13-6-4-12(3)5-7-13/h4-9,14-17H,1,10H2,2-3H3,(H,23,24)/p-1/t14-,15-,16+,17-,20+/m0/s1. The molecule has 0 saturated carbocycles. The topological polar surface area (TPSA) is 69.7 Å². The van der Waals surface area contributed by atoms with Gasteiger partial charge in [0.2, 0.25) is 5.91 Å². The van der Waals surface area contributed by atoms with Crippen molar-refractivity contribution in [2.24, 2.45) is 11.8 Å². The lowest BCUT2D eigenvalue weighted by Crippen LogP contribution is -2.46. The van der Waals surface area contributed by atoms with Gasteiger partial charge in [-0.15, -0.1) is 6.58 Å². The van der Waals surface area contributed by atoms with Crippen LogP contribution in [0, 0.1) is 18.8 Å². The van der Waals surface area contributed by atoms with E-state index in [1.165, 1.54) is 0 Å². The third-order valence-corrected chi connectivity index (χ3v) is 5.55. The van der Waals surface area contributed by atoms with Crippen LogP contribution in [0.2, 0.25) is 0 Å². The van der Waals surface area contributed by atoms with E-state index < -0.39 is 29.5 Å². The van der Waals surface area contributed by atoms with Crippen LogP contribution in [0.15, 0.2) is 48.6 Å². The molecule has 1 aromatic rings. The largest absolute Gasteiger partial charge is 0.550 e. The number of ether oxygens (including phenoxy) is 1. The average molecular weight is 338 g/mol. The molecule has 5 heteroatoms. The smallest absolute Gasteiger partial charge is 0.234 e. The molecule has 0 N–H and O–H groups in total. The summed E-state index contributed by atoms with van der Waals surface area (Å²) >= 11 is 0. The van der Waals surface area contributed by atoms with Gasteiger partial charge in [-0.1, -0.05) is 35.4 Å². The van der Waals surface area contributed by atoms with Crippen LogP contribution in [0.5, 0.6) is 0 Å². The molecule has 1 spiro atoms. The van der Waals surface area contributed by atoms with Crippen molar-refractivity contribution in [2.75, 3.05) is 4.90 Å². The van der Waals surface area contributed by atoms with Crippen molar-refractivity contribution in [1.29, 1.82) is 0 Å². The molecule has 1 aromatic carbocycles. The van der Waals surface area contributed by atoms with Crippen molar-refractivity contribution < 1.29 is 19.4 Å². The van der Waals surface area contributed by atoms with Gasteiger partial charge in [-0.25, -0.2) is 0 Å². The number of fused-ring (bicyclic) bond motifs is 1. The predicted octanol–water partition coefficient (Wildman–Crippen LogP) is 1.37. The van der Waals surface area contributed by atoms with Gasteiger partial charge < -0.3 is 19.5 Å². The zero-order valence-corrected chi connectivity index (χ0v) is 14.3. The van der Waals surface area contributed by atoms with Gasteiger partial charge in [0.25, 0.3) is 0 Å². The van der Waals surface area contributed by atoms with E-state index in [-0.39, 0.29) is 11.9 Å². The molecule has 0 unspecified atom stereocenters. The Hall–Kier alpha value is -2.40. The fraction of sp³-hybridized carbons (Fsp3) is 0.400. The summed E-state index contributed by atoms with van der Waals surface area (Å²) < 4.78 is 6.08. The van der Waals surface area contributed by atoms with E-state index in [4.69, 9.17) is 4.74 Å². The summed E-state index contributed by atoms with van der Waals surface area (Å²) in [6.07, 6.45) is 3.59. The zero-order valence-electron chi connectivity index (χ0n) is 14.3. The first-order valence-electron chi connectivity index (χ1n) is 8.47. The highest BCUT2D eigenvalue weighted by molar-refractivity contribution is 6.03. The molecule has 25 heavy (non-hydrogen) atoms. The second kappa shape index (κ2) is 5.30. The van der Waals surface area contributed by atoms with E-state index in [2.05, 4.69) is 6.58 Å². The van der Waals surface area contributed by atoms with Gasteiger partial charge in [-0.2, -0.15) is 0 Å². The molecule has 1 amide bonds. The number of hydrogen-bond acceptors (Lipinski definition) is 4. The second-order valence-electron chi connectivity index (χ2n) is 7.34. The van der Waals surface area contributed by atoms with Gasteiger partial charge >= 0.3 is 0 Å². The fourth-order valence-corrected chi connectivity index (χ4v) is 4.51. The van der Waals surface area contributed by atoms with Crippen LogP contribution in [0.4, 0.5) is 5.69 Å². The predicted molar refractivity (Wildman–Crippen MR) is 90.6 cm³/mol. The fourth-order valence-electron chi connectivity index (χ4n) is 4.51. The highest BCUT2D eigenvalue weighted by atomic mass is 16.5. The summed E-state index contributed by atoms with van der Waals surface area (Å²) in [6.45, 7) is 7.87. The number of carbonyl (C=O) groups is 2. The van der Waals surface area contributed by atoms with E-state index in [1.807, 2.05) is 44.2 Å². The third kappa shape index (κ3) is 2.12. The number of rotatable bonds is 4. The molecular weight excluding hydrogens is 318 g/mol. The molecule has 2 saturated heterocycles. The van der Waals surface area contributed by atoms with Gasteiger partial charge in [-0.05, 0) is 32.4 Å². The average Bonchev–Trinajstić information content (AvgIpc) is 3.18.